The van der Waals surface area contributed by atoms with E-state index in [4.69, 9.17) is 4.74 Å². The van der Waals surface area contributed by atoms with Crippen molar-refractivity contribution in [1.82, 2.24) is 0 Å². The summed E-state index contributed by atoms with van der Waals surface area (Å²) in [5.74, 6) is 0.608. The van der Waals surface area contributed by atoms with Crippen molar-refractivity contribution in [3.63, 3.8) is 0 Å². The maximum absolute atomic E-state index is 11.1. The first-order valence-corrected chi connectivity index (χ1v) is 7.06. The highest BCUT2D eigenvalue weighted by Gasteiger charge is 2.23. The zero-order valence-electron chi connectivity index (χ0n) is 11.2. The van der Waals surface area contributed by atoms with E-state index in [0.717, 1.165) is 23.3 Å². The fraction of sp³-hybridized carbons (Fsp3) is 0.286. The van der Waals surface area contributed by atoms with Crippen LogP contribution in [-0.2, 0) is 6.42 Å². The molecule has 1 aromatic carbocycles. The maximum Gasteiger partial charge on any atom is 0.323 e. The number of ether oxygens (including phenoxy) is 1. The first kappa shape index (κ1) is 14.5. The van der Waals surface area contributed by atoms with Crippen molar-refractivity contribution in [2.75, 3.05) is 0 Å². The average molecular weight is 293 g/mol. The van der Waals surface area contributed by atoms with Gasteiger partial charge in [0.15, 0.2) is 0 Å². The Labute approximate surface area is 120 Å². The topological polar surface area (TPSA) is 72.6 Å². The molecule has 0 saturated carbocycles. The summed E-state index contributed by atoms with van der Waals surface area (Å²) in [6, 6.07) is 8.78. The summed E-state index contributed by atoms with van der Waals surface area (Å²) in [6.07, 6.45) is 0.0241. The van der Waals surface area contributed by atoms with E-state index >= 15 is 0 Å². The van der Waals surface area contributed by atoms with Crippen LogP contribution in [0.5, 0.6) is 10.8 Å². The van der Waals surface area contributed by atoms with E-state index < -0.39 is 11.0 Å². The van der Waals surface area contributed by atoms with Gasteiger partial charge in [-0.3, -0.25) is 10.1 Å². The molecule has 106 valence electrons. The molecule has 1 unspecified atom stereocenters. The monoisotopic (exact) mass is 293 g/mol. The normalized spacial score (nSPS) is 12.2. The molecule has 0 aliphatic carbocycles. The van der Waals surface area contributed by atoms with Gasteiger partial charge in [-0.25, -0.2) is 0 Å². The Kier molecular flexibility index (Phi) is 4.36. The third-order valence-electron chi connectivity index (χ3n) is 2.86. The third-order valence-corrected chi connectivity index (χ3v) is 4.04. The lowest BCUT2D eigenvalue weighted by molar-refractivity contribution is -0.385. The summed E-state index contributed by atoms with van der Waals surface area (Å²) in [4.78, 5) is 11.1. The standard InChI is InChI=1S/C14H15NO4S/c1-3-10-6-4-5-7-12(10)19-14-11(15(17)18)8-13(20-14)9(2)16/h4-9,16H,3H2,1-2H3. The van der Waals surface area contributed by atoms with Crippen LogP contribution in [0.25, 0.3) is 0 Å². The van der Waals surface area contributed by atoms with Crippen molar-refractivity contribution in [2.45, 2.75) is 26.4 Å². The Morgan fingerprint density at radius 2 is 2.15 bits per heavy atom. The van der Waals surface area contributed by atoms with Gasteiger partial charge in [-0.2, -0.15) is 0 Å². The zero-order chi connectivity index (χ0) is 14.7. The SMILES string of the molecule is CCc1ccccc1Oc1sc(C(C)O)cc1[N+](=O)[O-]. The van der Waals surface area contributed by atoms with Crippen LogP contribution in [-0.4, -0.2) is 10.0 Å². The van der Waals surface area contributed by atoms with Gasteiger partial charge in [0.1, 0.15) is 5.75 Å². The van der Waals surface area contributed by atoms with Crippen LogP contribution in [0.15, 0.2) is 30.3 Å². The Hall–Kier alpha value is -1.92. The second-order valence-corrected chi connectivity index (χ2v) is 5.36. The number of nitro groups is 1. The second kappa shape index (κ2) is 6.02. The number of hydrogen-bond acceptors (Lipinski definition) is 5. The van der Waals surface area contributed by atoms with E-state index in [1.165, 1.54) is 6.07 Å². The number of nitrogens with zero attached hydrogens (tertiary/aromatic N) is 1. The van der Waals surface area contributed by atoms with Crippen molar-refractivity contribution < 1.29 is 14.8 Å². The van der Waals surface area contributed by atoms with Crippen LogP contribution in [0.2, 0.25) is 0 Å². The molecule has 1 heterocycles. The number of aryl methyl sites for hydroxylation is 1. The Balaban J connectivity index is 2.39. The highest BCUT2D eigenvalue weighted by Crippen LogP contribution is 2.42. The first-order valence-electron chi connectivity index (χ1n) is 6.24. The lowest BCUT2D eigenvalue weighted by Crippen LogP contribution is -1.92. The van der Waals surface area contributed by atoms with E-state index in [2.05, 4.69) is 0 Å². The van der Waals surface area contributed by atoms with E-state index in [0.29, 0.717) is 10.6 Å². The second-order valence-electron chi connectivity index (χ2n) is 4.32. The molecule has 1 N–H and O–H groups in total. The largest absolute Gasteiger partial charge is 0.440 e. The predicted molar refractivity (Wildman–Crippen MR) is 77.5 cm³/mol. The zero-order valence-corrected chi connectivity index (χ0v) is 12.0. The number of benzene rings is 1. The molecule has 0 saturated heterocycles. The smallest absolute Gasteiger partial charge is 0.323 e. The van der Waals surface area contributed by atoms with Crippen LogP contribution in [0.1, 0.15) is 30.4 Å². The Morgan fingerprint density at radius 1 is 1.45 bits per heavy atom. The first-order chi connectivity index (χ1) is 9.52. The molecule has 2 rings (SSSR count). The number of rotatable bonds is 5. The minimum atomic E-state index is -0.752. The summed E-state index contributed by atoms with van der Waals surface area (Å²) in [6.45, 7) is 3.56. The van der Waals surface area contributed by atoms with Gasteiger partial charge in [0.05, 0.1) is 11.0 Å². The fourth-order valence-corrected chi connectivity index (χ4v) is 2.71. The molecule has 1 aromatic heterocycles. The molecule has 0 fully saturated rings. The van der Waals surface area contributed by atoms with Gasteiger partial charge < -0.3 is 9.84 Å². The van der Waals surface area contributed by atoms with E-state index in [1.54, 1.807) is 13.0 Å². The van der Waals surface area contributed by atoms with Crippen LogP contribution in [0.3, 0.4) is 0 Å². The van der Waals surface area contributed by atoms with Crippen molar-refractivity contribution in [3.05, 3.63) is 50.9 Å². The molecule has 20 heavy (non-hydrogen) atoms. The third kappa shape index (κ3) is 2.97. The van der Waals surface area contributed by atoms with Crippen LogP contribution in [0, 0.1) is 10.1 Å². The van der Waals surface area contributed by atoms with Gasteiger partial charge in [0, 0.05) is 10.9 Å². The van der Waals surface area contributed by atoms with E-state index in [-0.39, 0.29) is 10.8 Å². The summed E-state index contributed by atoms with van der Waals surface area (Å²) in [5, 5.41) is 20.8. The molecule has 0 aliphatic rings. The minimum absolute atomic E-state index is 0.114. The van der Waals surface area contributed by atoms with E-state index in [9.17, 15) is 15.2 Å². The quantitative estimate of drug-likeness (QED) is 0.666. The molecule has 2 aromatic rings. The van der Waals surface area contributed by atoms with Crippen molar-refractivity contribution in [2.24, 2.45) is 0 Å². The maximum atomic E-state index is 11.1. The fourth-order valence-electron chi connectivity index (χ4n) is 1.78. The lowest BCUT2D eigenvalue weighted by Gasteiger charge is -2.07. The lowest BCUT2D eigenvalue weighted by atomic mass is 10.1. The van der Waals surface area contributed by atoms with Crippen LogP contribution in [0.4, 0.5) is 5.69 Å². The van der Waals surface area contributed by atoms with Gasteiger partial charge in [0.2, 0.25) is 0 Å². The Bertz CT molecular complexity index is 621. The van der Waals surface area contributed by atoms with Crippen molar-refractivity contribution in [1.29, 1.82) is 0 Å². The predicted octanol–water partition coefficient (Wildman–Crippen LogP) is 4.06. The van der Waals surface area contributed by atoms with Gasteiger partial charge in [-0.05, 0) is 25.0 Å². The molecule has 0 bridgehead atoms. The molecule has 0 aliphatic heterocycles. The van der Waals surface area contributed by atoms with Gasteiger partial charge in [0.25, 0.3) is 5.06 Å². The highest BCUT2D eigenvalue weighted by atomic mass is 32.1. The van der Waals surface area contributed by atoms with Gasteiger partial charge in [-0.1, -0.05) is 36.5 Å². The average Bonchev–Trinajstić information content (AvgIpc) is 2.84. The summed E-state index contributed by atoms with van der Waals surface area (Å²) < 4.78 is 5.69. The number of aliphatic hydroxyl groups excluding tert-OH is 1. The summed E-state index contributed by atoms with van der Waals surface area (Å²) >= 11 is 1.10. The highest BCUT2D eigenvalue weighted by molar-refractivity contribution is 7.14. The molecule has 6 heteroatoms. The number of thiophene rings is 1. The number of aliphatic hydroxyl groups is 1. The summed E-state index contributed by atoms with van der Waals surface area (Å²) in [7, 11) is 0. The number of hydrogen-bond donors (Lipinski definition) is 1. The van der Waals surface area contributed by atoms with Gasteiger partial charge >= 0.3 is 5.69 Å². The van der Waals surface area contributed by atoms with Crippen molar-refractivity contribution in [3.8, 4) is 10.8 Å². The van der Waals surface area contributed by atoms with Crippen molar-refractivity contribution >= 4 is 17.0 Å². The molecule has 0 amide bonds. The molecule has 0 spiro atoms. The molecular formula is C14H15NO4S. The minimum Gasteiger partial charge on any atom is -0.440 e. The molecule has 0 radical (unpaired) electrons. The number of para-hydroxylation sites is 1. The van der Waals surface area contributed by atoms with E-state index in [1.807, 2.05) is 25.1 Å². The molecule has 5 nitrogen and oxygen atoms in total. The van der Waals surface area contributed by atoms with Gasteiger partial charge in [-0.15, -0.1) is 0 Å². The summed E-state index contributed by atoms with van der Waals surface area (Å²) in [5.41, 5.74) is 0.866. The molecular weight excluding hydrogens is 278 g/mol. The molecule has 1 atom stereocenters. The Morgan fingerprint density at radius 3 is 2.75 bits per heavy atom. The van der Waals surface area contributed by atoms with Crippen LogP contribution >= 0.6 is 11.3 Å². The van der Waals surface area contributed by atoms with Crippen LogP contribution < -0.4 is 4.74 Å².